The molecule has 0 saturated heterocycles. The molecule has 1 aliphatic heterocycles. The van der Waals surface area contributed by atoms with Gasteiger partial charge in [-0.1, -0.05) is 0 Å². The summed E-state index contributed by atoms with van der Waals surface area (Å²) in [5.41, 5.74) is 5.21. The molecule has 118 valence electrons. The van der Waals surface area contributed by atoms with E-state index < -0.39 is 0 Å². The lowest BCUT2D eigenvalue weighted by Gasteiger charge is -2.21. The lowest BCUT2D eigenvalue weighted by Crippen LogP contribution is -2.87. The van der Waals surface area contributed by atoms with Gasteiger partial charge in [0, 0.05) is 22.9 Å². The Morgan fingerprint density at radius 3 is 2.48 bits per heavy atom. The fourth-order valence-electron chi connectivity index (χ4n) is 3.54. The molecule has 3 N–H and O–H groups in total. The Kier molecular flexibility index (Phi) is 3.46. The predicted octanol–water partition coefficient (Wildman–Crippen LogP) is 2.39. The largest absolute Gasteiger partial charge is 0.497 e. The van der Waals surface area contributed by atoms with E-state index >= 15 is 0 Å². The van der Waals surface area contributed by atoms with Crippen molar-refractivity contribution in [1.82, 2.24) is 4.98 Å². The second kappa shape index (κ2) is 5.63. The molecule has 4 rings (SSSR count). The van der Waals surface area contributed by atoms with Crippen LogP contribution in [0.1, 0.15) is 22.9 Å². The summed E-state index contributed by atoms with van der Waals surface area (Å²) in [6.07, 6.45) is 1.08. The monoisotopic (exact) mass is 309 g/mol. The number of methoxy groups -OCH3 is 2. The fraction of sp³-hybridized carbons (Fsp3) is 0.263. The Labute approximate surface area is 135 Å². The van der Waals surface area contributed by atoms with Crippen LogP contribution in [-0.2, 0) is 6.42 Å². The molecule has 23 heavy (non-hydrogen) atoms. The summed E-state index contributed by atoms with van der Waals surface area (Å²) in [7, 11) is 3.42. The average molecular weight is 309 g/mol. The number of aromatic amines is 1. The van der Waals surface area contributed by atoms with Crippen molar-refractivity contribution in [3.05, 3.63) is 59.3 Å². The number of aromatic nitrogens is 1. The van der Waals surface area contributed by atoms with Crippen molar-refractivity contribution < 1.29 is 14.8 Å². The molecule has 1 aromatic heterocycles. The van der Waals surface area contributed by atoms with Gasteiger partial charge >= 0.3 is 0 Å². The maximum Gasteiger partial charge on any atom is 0.153 e. The Balaban J connectivity index is 1.81. The Morgan fingerprint density at radius 2 is 1.74 bits per heavy atom. The highest BCUT2D eigenvalue weighted by atomic mass is 16.5. The van der Waals surface area contributed by atoms with E-state index in [1.54, 1.807) is 14.2 Å². The average Bonchev–Trinajstić information content (AvgIpc) is 2.99. The van der Waals surface area contributed by atoms with Crippen molar-refractivity contribution >= 4 is 10.9 Å². The van der Waals surface area contributed by atoms with Crippen LogP contribution in [0, 0.1) is 0 Å². The molecule has 4 nitrogen and oxygen atoms in total. The third kappa shape index (κ3) is 2.35. The molecule has 0 fully saturated rings. The quantitative estimate of drug-likeness (QED) is 0.780. The van der Waals surface area contributed by atoms with Gasteiger partial charge in [-0.3, -0.25) is 0 Å². The molecular formula is C19H21N2O2+. The van der Waals surface area contributed by atoms with E-state index in [1.807, 2.05) is 18.2 Å². The van der Waals surface area contributed by atoms with E-state index in [4.69, 9.17) is 9.47 Å². The lowest BCUT2D eigenvalue weighted by molar-refractivity contribution is -0.690. The molecule has 0 unspecified atom stereocenters. The SMILES string of the molecule is COc1ccc([C@H]2[NH2+]CCc3c2[nH]c2ccc(OC)cc32)cc1. The lowest BCUT2D eigenvalue weighted by atomic mass is 9.94. The number of nitrogens with one attached hydrogen (secondary N) is 1. The van der Waals surface area contributed by atoms with Crippen LogP contribution in [0.15, 0.2) is 42.5 Å². The van der Waals surface area contributed by atoms with Crippen molar-refractivity contribution in [3.63, 3.8) is 0 Å². The van der Waals surface area contributed by atoms with E-state index in [0.29, 0.717) is 6.04 Å². The van der Waals surface area contributed by atoms with E-state index in [2.05, 4.69) is 34.6 Å². The molecule has 1 atom stereocenters. The van der Waals surface area contributed by atoms with Gasteiger partial charge in [0.25, 0.3) is 0 Å². The fourth-order valence-corrected chi connectivity index (χ4v) is 3.54. The van der Waals surface area contributed by atoms with Gasteiger partial charge in [0.1, 0.15) is 11.5 Å². The maximum absolute atomic E-state index is 5.38. The van der Waals surface area contributed by atoms with Crippen molar-refractivity contribution in [1.29, 1.82) is 0 Å². The number of fused-ring (bicyclic) bond motifs is 3. The number of hydrogen-bond donors (Lipinski definition) is 2. The van der Waals surface area contributed by atoms with Crippen molar-refractivity contribution in [2.75, 3.05) is 20.8 Å². The number of nitrogens with two attached hydrogens (primary N) is 1. The molecule has 0 saturated carbocycles. The van der Waals surface area contributed by atoms with Gasteiger partial charge in [-0.05, 0) is 48.0 Å². The summed E-state index contributed by atoms with van der Waals surface area (Å²) in [6, 6.07) is 14.9. The van der Waals surface area contributed by atoms with Crippen LogP contribution in [-0.4, -0.2) is 25.7 Å². The van der Waals surface area contributed by atoms with Crippen LogP contribution in [0.3, 0.4) is 0 Å². The summed E-state index contributed by atoms with van der Waals surface area (Å²) < 4.78 is 10.7. The highest BCUT2D eigenvalue weighted by Gasteiger charge is 2.28. The number of ether oxygens (including phenoxy) is 2. The minimum absolute atomic E-state index is 0.308. The normalized spacial score (nSPS) is 17.0. The summed E-state index contributed by atoms with van der Waals surface area (Å²) in [5.74, 6) is 1.81. The first-order valence-electron chi connectivity index (χ1n) is 7.96. The minimum atomic E-state index is 0.308. The smallest absolute Gasteiger partial charge is 0.153 e. The maximum atomic E-state index is 5.38. The Bertz CT molecular complexity index is 836. The van der Waals surface area contributed by atoms with Gasteiger partial charge in [0.2, 0.25) is 0 Å². The summed E-state index contributed by atoms with van der Waals surface area (Å²) in [6.45, 7) is 1.09. The van der Waals surface area contributed by atoms with Crippen molar-refractivity contribution in [2.45, 2.75) is 12.5 Å². The number of hydrogen-bond acceptors (Lipinski definition) is 2. The zero-order valence-electron chi connectivity index (χ0n) is 13.4. The van der Waals surface area contributed by atoms with Gasteiger partial charge in [0.15, 0.2) is 6.04 Å². The molecule has 1 aliphatic rings. The third-order valence-electron chi connectivity index (χ3n) is 4.73. The summed E-state index contributed by atoms with van der Waals surface area (Å²) >= 11 is 0. The zero-order valence-corrected chi connectivity index (χ0v) is 13.4. The van der Waals surface area contributed by atoms with Crippen LogP contribution in [0.2, 0.25) is 0 Å². The first-order valence-corrected chi connectivity index (χ1v) is 7.96. The summed E-state index contributed by atoms with van der Waals surface area (Å²) in [4.78, 5) is 3.63. The molecule has 0 amide bonds. The predicted molar refractivity (Wildman–Crippen MR) is 90.2 cm³/mol. The van der Waals surface area contributed by atoms with Gasteiger partial charge in [0.05, 0.1) is 26.5 Å². The molecule has 2 heterocycles. The number of quaternary nitrogens is 1. The molecular weight excluding hydrogens is 288 g/mol. The summed E-state index contributed by atoms with van der Waals surface area (Å²) in [5, 5.41) is 3.68. The number of rotatable bonds is 3. The van der Waals surface area contributed by atoms with Crippen LogP contribution in [0.5, 0.6) is 11.5 Å². The Morgan fingerprint density at radius 1 is 1.00 bits per heavy atom. The molecule has 2 aromatic carbocycles. The molecule has 0 aliphatic carbocycles. The molecule has 4 heteroatoms. The van der Waals surface area contributed by atoms with E-state index in [0.717, 1.165) is 24.5 Å². The molecule has 0 radical (unpaired) electrons. The molecule has 0 bridgehead atoms. The van der Waals surface area contributed by atoms with Gasteiger partial charge in [-0.25, -0.2) is 0 Å². The zero-order chi connectivity index (χ0) is 15.8. The minimum Gasteiger partial charge on any atom is -0.497 e. The van der Waals surface area contributed by atoms with Crippen LogP contribution in [0.4, 0.5) is 0 Å². The standard InChI is InChI=1S/C19H20N2O2/c1-22-13-5-3-12(4-6-13)18-19-15(9-10-20-18)16-11-14(23-2)7-8-17(16)21-19/h3-8,11,18,20-21H,9-10H2,1-2H3/p+1/t18-/m1/s1. The van der Waals surface area contributed by atoms with E-state index in [9.17, 15) is 0 Å². The van der Waals surface area contributed by atoms with Gasteiger partial charge in [-0.15, -0.1) is 0 Å². The highest BCUT2D eigenvalue weighted by Crippen LogP contribution is 2.33. The van der Waals surface area contributed by atoms with Crippen LogP contribution < -0.4 is 14.8 Å². The van der Waals surface area contributed by atoms with Gasteiger partial charge in [-0.2, -0.15) is 0 Å². The van der Waals surface area contributed by atoms with Crippen molar-refractivity contribution in [2.24, 2.45) is 0 Å². The first kappa shape index (κ1) is 14.2. The van der Waals surface area contributed by atoms with Crippen molar-refractivity contribution in [3.8, 4) is 11.5 Å². The molecule has 3 aromatic rings. The first-order chi connectivity index (χ1) is 11.3. The van der Waals surface area contributed by atoms with Crippen LogP contribution in [0.25, 0.3) is 10.9 Å². The third-order valence-corrected chi connectivity index (χ3v) is 4.73. The van der Waals surface area contributed by atoms with E-state index in [-0.39, 0.29) is 0 Å². The van der Waals surface area contributed by atoms with Crippen LogP contribution >= 0.6 is 0 Å². The number of benzene rings is 2. The number of H-pyrrole nitrogens is 1. The van der Waals surface area contributed by atoms with E-state index in [1.165, 1.54) is 27.7 Å². The topological polar surface area (TPSA) is 50.9 Å². The second-order valence-corrected chi connectivity index (χ2v) is 5.95. The molecule has 0 spiro atoms. The highest BCUT2D eigenvalue weighted by molar-refractivity contribution is 5.86. The second-order valence-electron chi connectivity index (χ2n) is 5.95. The van der Waals surface area contributed by atoms with Gasteiger partial charge < -0.3 is 19.8 Å². The Hall–Kier alpha value is -2.46.